The smallest absolute Gasteiger partial charge is 0.324 e. The van der Waals surface area contributed by atoms with E-state index in [1.54, 1.807) is 32.9 Å². The molecule has 0 atom stereocenters. The summed E-state index contributed by atoms with van der Waals surface area (Å²) in [5, 5.41) is 0.290. The summed E-state index contributed by atoms with van der Waals surface area (Å²) in [6.45, 7) is 4.72. The van der Waals surface area contributed by atoms with Gasteiger partial charge in [0.05, 0.1) is 16.7 Å². The van der Waals surface area contributed by atoms with Gasteiger partial charge < -0.3 is 4.84 Å². The standard InChI is InChI=1S/C19H17FN2O6S/c1-19(2,3)21-29(26,27)15-10-11(8-9-14(15)20)18(25)28-22-16(23)12-6-4-5-7-13(12)17(22)24/h4-10,21H,1-3H3. The molecule has 0 saturated carbocycles. The number of nitrogens with one attached hydrogen (secondary N) is 1. The molecule has 0 saturated heterocycles. The number of imide groups is 1. The van der Waals surface area contributed by atoms with Gasteiger partial charge in [-0.2, -0.15) is 0 Å². The number of rotatable bonds is 4. The van der Waals surface area contributed by atoms with E-state index >= 15 is 0 Å². The van der Waals surface area contributed by atoms with Crippen LogP contribution in [0, 0.1) is 5.82 Å². The lowest BCUT2D eigenvalue weighted by Gasteiger charge is -2.20. The van der Waals surface area contributed by atoms with Crippen LogP contribution in [0.15, 0.2) is 47.4 Å². The lowest BCUT2D eigenvalue weighted by molar-refractivity contribution is -0.0584. The van der Waals surface area contributed by atoms with Crippen LogP contribution < -0.4 is 4.72 Å². The highest BCUT2D eigenvalue weighted by molar-refractivity contribution is 7.89. The zero-order valence-corrected chi connectivity index (χ0v) is 16.5. The number of halogens is 1. The predicted octanol–water partition coefficient (Wildman–Crippen LogP) is 2.27. The summed E-state index contributed by atoms with van der Waals surface area (Å²) in [5.74, 6) is -3.92. The van der Waals surface area contributed by atoms with Crippen molar-refractivity contribution in [1.82, 2.24) is 9.79 Å². The Kier molecular flexibility index (Phi) is 5.01. The van der Waals surface area contributed by atoms with Gasteiger partial charge >= 0.3 is 5.97 Å². The van der Waals surface area contributed by atoms with Crippen LogP contribution in [0.25, 0.3) is 0 Å². The molecule has 1 aliphatic heterocycles. The third kappa shape index (κ3) is 4.03. The van der Waals surface area contributed by atoms with Gasteiger partial charge in [-0.3, -0.25) is 9.59 Å². The summed E-state index contributed by atoms with van der Waals surface area (Å²) in [6, 6.07) is 8.48. The zero-order valence-electron chi connectivity index (χ0n) is 15.7. The largest absolute Gasteiger partial charge is 0.363 e. The molecule has 3 rings (SSSR count). The Hall–Kier alpha value is -3.11. The predicted molar refractivity (Wildman–Crippen MR) is 98.8 cm³/mol. The fraction of sp³-hybridized carbons (Fsp3) is 0.211. The van der Waals surface area contributed by atoms with Gasteiger partial charge in [-0.25, -0.2) is 22.3 Å². The Morgan fingerprint density at radius 2 is 1.59 bits per heavy atom. The third-order valence-electron chi connectivity index (χ3n) is 3.83. The maximum atomic E-state index is 14.1. The van der Waals surface area contributed by atoms with Crippen LogP contribution in [0.2, 0.25) is 0 Å². The molecule has 0 aliphatic carbocycles. The first-order chi connectivity index (χ1) is 13.4. The maximum Gasteiger partial charge on any atom is 0.363 e. The molecule has 0 fully saturated rings. The minimum absolute atomic E-state index is 0.0713. The summed E-state index contributed by atoms with van der Waals surface area (Å²) in [5.41, 5.74) is -1.09. The van der Waals surface area contributed by atoms with Crippen LogP contribution in [0.3, 0.4) is 0 Å². The summed E-state index contributed by atoms with van der Waals surface area (Å²) < 4.78 is 41.2. The van der Waals surface area contributed by atoms with Gasteiger partial charge in [0, 0.05) is 5.54 Å². The van der Waals surface area contributed by atoms with Crippen molar-refractivity contribution in [2.45, 2.75) is 31.2 Å². The van der Waals surface area contributed by atoms with Gasteiger partial charge in [0.2, 0.25) is 10.0 Å². The number of nitrogens with zero attached hydrogens (tertiary/aromatic N) is 1. The normalized spacial score (nSPS) is 14.1. The molecule has 8 nitrogen and oxygen atoms in total. The van der Waals surface area contributed by atoms with E-state index in [9.17, 15) is 27.2 Å². The molecular formula is C19H17FN2O6S. The van der Waals surface area contributed by atoms with Crippen molar-refractivity contribution >= 4 is 27.8 Å². The molecule has 1 heterocycles. The van der Waals surface area contributed by atoms with Crippen LogP contribution in [-0.4, -0.2) is 36.8 Å². The first kappa shape index (κ1) is 20.6. The molecule has 0 radical (unpaired) electrons. The van der Waals surface area contributed by atoms with E-state index in [4.69, 9.17) is 4.84 Å². The Morgan fingerprint density at radius 1 is 1.03 bits per heavy atom. The third-order valence-corrected chi connectivity index (χ3v) is 5.60. The van der Waals surface area contributed by atoms with E-state index in [1.165, 1.54) is 12.1 Å². The van der Waals surface area contributed by atoms with Gasteiger partial charge in [0.25, 0.3) is 11.8 Å². The molecule has 2 aromatic rings. The van der Waals surface area contributed by atoms with Crippen molar-refractivity contribution in [3.05, 3.63) is 65.0 Å². The Morgan fingerprint density at radius 3 is 2.10 bits per heavy atom. The highest BCUT2D eigenvalue weighted by Gasteiger charge is 2.39. The number of carbonyl (C=O) groups excluding carboxylic acids is 3. The summed E-state index contributed by atoms with van der Waals surface area (Å²) in [4.78, 5) is 41.1. The minimum Gasteiger partial charge on any atom is -0.324 e. The minimum atomic E-state index is -4.28. The van der Waals surface area contributed by atoms with Gasteiger partial charge in [0.15, 0.2) is 0 Å². The monoisotopic (exact) mass is 420 g/mol. The van der Waals surface area contributed by atoms with Gasteiger partial charge in [-0.05, 0) is 51.1 Å². The SMILES string of the molecule is CC(C)(C)NS(=O)(=O)c1cc(C(=O)ON2C(=O)c3ccccc3C2=O)ccc1F. The number of carbonyl (C=O) groups is 3. The second-order valence-corrected chi connectivity index (χ2v) is 8.98. The Bertz CT molecular complexity index is 1100. The van der Waals surface area contributed by atoms with Crippen molar-refractivity contribution in [2.75, 3.05) is 0 Å². The molecule has 1 N–H and O–H groups in total. The van der Waals surface area contributed by atoms with Crippen LogP contribution in [0.5, 0.6) is 0 Å². The van der Waals surface area contributed by atoms with E-state index < -0.39 is 44.1 Å². The highest BCUT2D eigenvalue weighted by atomic mass is 32.2. The number of hydrogen-bond acceptors (Lipinski definition) is 6. The van der Waals surface area contributed by atoms with E-state index in [0.29, 0.717) is 0 Å². The first-order valence-electron chi connectivity index (χ1n) is 8.44. The van der Waals surface area contributed by atoms with E-state index in [0.717, 1.165) is 18.2 Å². The van der Waals surface area contributed by atoms with Crippen molar-refractivity contribution in [3.8, 4) is 0 Å². The lowest BCUT2D eigenvalue weighted by Crippen LogP contribution is -2.40. The van der Waals surface area contributed by atoms with E-state index in [1.807, 2.05) is 0 Å². The molecule has 0 aromatic heterocycles. The maximum absolute atomic E-state index is 14.1. The number of sulfonamides is 1. The molecule has 10 heteroatoms. The fourth-order valence-electron chi connectivity index (χ4n) is 2.68. The van der Waals surface area contributed by atoms with E-state index in [-0.39, 0.29) is 21.8 Å². The fourth-order valence-corrected chi connectivity index (χ4v) is 4.20. The molecule has 0 bridgehead atoms. The average molecular weight is 420 g/mol. The molecule has 2 amide bonds. The van der Waals surface area contributed by atoms with Crippen LogP contribution >= 0.6 is 0 Å². The van der Waals surface area contributed by atoms with Crippen molar-refractivity contribution in [2.24, 2.45) is 0 Å². The summed E-state index contributed by atoms with van der Waals surface area (Å²) in [6.07, 6.45) is 0. The summed E-state index contributed by atoms with van der Waals surface area (Å²) in [7, 11) is -4.28. The average Bonchev–Trinajstić information content (AvgIpc) is 2.85. The van der Waals surface area contributed by atoms with E-state index in [2.05, 4.69) is 4.72 Å². The number of hydroxylamine groups is 2. The Balaban J connectivity index is 1.88. The second-order valence-electron chi connectivity index (χ2n) is 7.33. The molecule has 29 heavy (non-hydrogen) atoms. The quantitative estimate of drug-likeness (QED) is 0.760. The highest BCUT2D eigenvalue weighted by Crippen LogP contribution is 2.24. The molecule has 152 valence electrons. The van der Waals surface area contributed by atoms with Crippen LogP contribution in [0.1, 0.15) is 51.8 Å². The van der Waals surface area contributed by atoms with Crippen molar-refractivity contribution in [3.63, 3.8) is 0 Å². The molecule has 0 unspecified atom stereocenters. The second kappa shape index (κ2) is 7.05. The summed E-state index contributed by atoms with van der Waals surface area (Å²) >= 11 is 0. The van der Waals surface area contributed by atoms with Crippen molar-refractivity contribution in [1.29, 1.82) is 0 Å². The molecule has 2 aromatic carbocycles. The van der Waals surface area contributed by atoms with Crippen molar-refractivity contribution < 1.29 is 32.0 Å². The number of hydrogen-bond donors (Lipinski definition) is 1. The number of amides is 2. The zero-order chi connectivity index (χ0) is 21.6. The first-order valence-corrected chi connectivity index (χ1v) is 9.93. The molecule has 0 spiro atoms. The van der Waals surface area contributed by atoms with Gasteiger partial charge in [0.1, 0.15) is 10.7 Å². The topological polar surface area (TPSA) is 110 Å². The number of benzene rings is 2. The molecular weight excluding hydrogens is 403 g/mol. The van der Waals surface area contributed by atoms with Crippen LogP contribution in [-0.2, 0) is 14.9 Å². The Labute approximate surface area is 166 Å². The lowest BCUT2D eigenvalue weighted by atomic mass is 10.1. The van der Waals surface area contributed by atoms with Gasteiger partial charge in [-0.1, -0.05) is 17.2 Å². The number of fused-ring (bicyclic) bond motifs is 1. The molecule has 1 aliphatic rings. The van der Waals surface area contributed by atoms with Gasteiger partial charge in [-0.15, -0.1) is 0 Å². The van der Waals surface area contributed by atoms with Crippen LogP contribution in [0.4, 0.5) is 4.39 Å².